The molecule has 3 aromatic heterocycles. The quantitative estimate of drug-likeness (QED) is 0.427. The molecule has 2 N–H and O–H groups in total. The molecule has 6 rings (SSSR count). The summed E-state index contributed by atoms with van der Waals surface area (Å²) >= 11 is 0. The second-order valence-corrected chi connectivity index (χ2v) is 9.61. The van der Waals surface area contributed by atoms with Crippen molar-refractivity contribution in [3.8, 4) is 0 Å². The Labute approximate surface area is 204 Å². The van der Waals surface area contributed by atoms with Gasteiger partial charge in [-0.05, 0) is 30.5 Å². The third-order valence-corrected chi connectivity index (χ3v) is 7.42. The number of fused-ring (bicyclic) bond motifs is 4. The van der Waals surface area contributed by atoms with Gasteiger partial charge in [-0.15, -0.1) is 0 Å². The molecule has 35 heavy (non-hydrogen) atoms. The second kappa shape index (κ2) is 9.26. The van der Waals surface area contributed by atoms with Gasteiger partial charge in [0.15, 0.2) is 0 Å². The third kappa shape index (κ3) is 4.12. The van der Waals surface area contributed by atoms with Crippen LogP contribution in [0.5, 0.6) is 0 Å². The highest BCUT2D eigenvalue weighted by Crippen LogP contribution is 2.36. The van der Waals surface area contributed by atoms with Crippen LogP contribution < -0.4 is 5.32 Å². The highest BCUT2D eigenvalue weighted by Gasteiger charge is 2.23. The molecule has 0 unspecified atom stereocenters. The van der Waals surface area contributed by atoms with E-state index >= 15 is 0 Å². The van der Waals surface area contributed by atoms with Crippen molar-refractivity contribution in [1.29, 1.82) is 0 Å². The Balaban J connectivity index is 1.33. The molecule has 180 valence electrons. The van der Waals surface area contributed by atoms with Gasteiger partial charge in [-0.1, -0.05) is 49.9 Å². The first-order valence-corrected chi connectivity index (χ1v) is 12.6. The van der Waals surface area contributed by atoms with Gasteiger partial charge in [0.05, 0.1) is 5.52 Å². The van der Waals surface area contributed by atoms with E-state index in [1.54, 1.807) is 4.90 Å². The van der Waals surface area contributed by atoms with Crippen molar-refractivity contribution in [3.05, 3.63) is 53.9 Å². The van der Waals surface area contributed by atoms with Crippen LogP contribution in [0.25, 0.3) is 21.9 Å². The molecule has 0 radical (unpaired) electrons. The van der Waals surface area contributed by atoms with Crippen LogP contribution in [0.1, 0.15) is 55.8 Å². The number of aliphatic hydroxyl groups excluding tert-OH is 1. The number of hydrogen-bond acceptors (Lipinski definition) is 6. The largest absolute Gasteiger partial charge is 0.387 e. The minimum Gasteiger partial charge on any atom is -0.387 e. The van der Waals surface area contributed by atoms with Gasteiger partial charge in [-0.2, -0.15) is 4.98 Å². The molecule has 4 aromatic rings. The van der Waals surface area contributed by atoms with Crippen molar-refractivity contribution in [2.24, 2.45) is 0 Å². The van der Waals surface area contributed by atoms with Crippen LogP contribution in [-0.2, 0) is 17.8 Å². The number of benzene rings is 1. The van der Waals surface area contributed by atoms with Crippen molar-refractivity contribution >= 4 is 39.6 Å². The number of anilines is 2. The Morgan fingerprint density at radius 1 is 1.03 bits per heavy atom. The van der Waals surface area contributed by atoms with Crippen molar-refractivity contribution in [2.75, 3.05) is 18.5 Å². The molecule has 8 heteroatoms. The zero-order valence-electron chi connectivity index (χ0n) is 19.8. The first kappa shape index (κ1) is 22.0. The van der Waals surface area contributed by atoms with Crippen LogP contribution in [0.15, 0.2) is 42.6 Å². The fraction of sp³-hybridized carbons (Fsp3) is 0.407. The summed E-state index contributed by atoms with van der Waals surface area (Å²) in [7, 11) is 0. The van der Waals surface area contributed by atoms with Gasteiger partial charge in [-0.25, -0.2) is 9.97 Å². The zero-order valence-corrected chi connectivity index (χ0v) is 19.8. The molecule has 4 heterocycles. The maximum absolute atomic E-state index is 11.8. The summed E-state index contributed by atoms with van der Waals surface area (Å²) in [6.07, 6.45) is 10.1. The van der Waals surface area contributed by atoms with Gasteiger partial charge in [-0.3, -0.25) is 4.79 Å². The average Bonchev–Trinajstić information content (AvgIpc) is 3.02. The van der Waals surface area contributed by atoms with E-state index in [9.17, 15) is 4.79 Å². The molecule has 2 aliphatic rings. The van der Waals surface area contributed by atoms with Gasteiger partial charge in [0.2, 0.25) is 11.9 Å². The number of aromatic nitrogens is 4. The molecular formula is C27H30N6O2. The van der Waals surface area contributed by atoms with E-state index < -0.39 is 6.61 Å². The Kier molecular flexibility index (Phi) is 5.82. The van der Waals surface area contributed by atoms with E-state index in [-0.39, 0.29) is 5.91 Å². The molecular weight excluding hydrogens is 440 g/mol. The maximum atomic E-state index is 11.8. The lowest BCUT2D eigenvalue weighted by molar-refractivity contribution is -0.135. The Morgan fingerprint density at radius 3 is 2.69 bits per heavy atom. The Bertz CT molecular complexity index is 1390. The number of carbonyl (C=O) groups is 1. The molecule has 0 bridgehead atoms. The lowest BCUT2D eigenvalue weighted by Gasteiger charge is -2.28. The van der Waals surface area contributed by atoms with Crippen LogP contribution in [0.3, 0.4) is 0 Å². The molecule has 1 aliphatic carbocycles. The van der Waals surface area contributed by atoms with E-state index in [1.165, 1.54) is 49.4 Å². The fourth-order valence-corrected chi connectivity index (χ4v) is 5.63. The first-order valence-electron chi connectivity index (χ1n) is 12.6. The van der Waals surface area contributed by atoms with Crippen LogP contribution in [0.2, 0.25) is 0 Å². The molecule has 0 spiro atoms. The topological polar surface area (TPSA) is 96.2 Å². The first-order chi connectivity index (χ1) is 17.2. The SMILES string of the molecule is O=C(CO)N1CCc2nc(Nc3ncc4c5ccccc5n(C5CCCCCC5)c4n3)ccc2C1. The number of para-hydroxylation sites is 1. The number of nitrogens with one attached hydrogen (secondary N) is 1. The van der Waals surface area contributed by atoms with Crippen molar-refractivity contribution in [1.82, 2.24) is 24.4 Å². The minimum absolute atomic E-state index is 0.247. The lowest BCUT2D eigenvalue weighted by Crippen LogP contribution is -2.37. The molecule has 8 nitrogen and oxygen atoms in total. The molecule has 1 aromatic carbocycles. The standard InChI is InChI=1S/C27H30N6O2/c34-17-25(35)32-14-13-22-18(16-32)11-12-24(29-22)30-27-28-15-21-20-9-5-6-10-23(20)33(26(21)31-27)19-7-3-1-2-4-8-19/h5-6,9-12,15,19,34H,1-4,7-8,13-14,16-17H2,(H,28,29,30,31). The third-order valence-electron chi connectivity index (χ3n) is 7.42. The highest BCUT2D eigenvalue weighted by molar-refractivity contribution is 6.06. The summed E-state index contributed by atoms with van der Waals surface area (Å²) in [4.78, 5) is 27.9. The molecule has 1 aliphatic heterocycles. The fourth-order valence-electron chi connectivity index (χ4n) is 5.63. The molecule has 1 saturated carbocycles. The van der Waals surface area contributed by atoms with Gasteiger partial charge in [0, 0.05) is 48.2 Å². The summed E-state index contributed by atoms with van der Waals surface area (Å²) in [6.45, 7) is 0.582. The summed E-state index contributed by atoms with van der Waals surface area (Å²) in [5.74, 6) is 0.987. The van der Waals surface area contributed by atoms with E-state index in [0.717, 1.165) is 22.3 Å². The summed E-state index contributed by atoms with van der Waals surface area (Å²) < 4.78 is 2.44. The number of carbonyl (C=O) groups excluding carboxylic acids is 1. The minimum atomic E-state index is -0.459. The predicted octanol–water partition coefficient (Wildman–Crippen LogP) is 4.50. The monoisotopic (exact) mass is 470 g/mol. The summed E-state index contributed by atoms with van der Waals surface area (Å²) in [6, 6.07) is 12.9. The van der Waals surface area contributed by atoms with Crippen LogP contribution in [-0.4, -0.2) is 48.6 Å². The zero-order chi connectivity index (χ0) is 23.8. The van der Waals surface area contributed by atoms with Crippen LogP contribution in [0.4, 0.5) is 11.8 Å². The smallest absolute Gasteiger partial charge is 0.248 e. The average molecular weight is 471 g/mol. The molecule has 0 saturated heterocycles. The number of nitrogens with zero attached hydrogens (tertiary/aromatic N) is 5. The van der Waals surface area contributed by atoms with Crippen LogP contribution >= 0.6 is 0 Å². The number of amides is 1. The second-order valence-electron chi connectivity index (χ2n) is 9.61. The van der Waals surface area contributed by atoms with E-state index in [1.807, 2.05) is 18.3 Å². The van der Waals surface area contributed by atoms with Gasteiger partial charge >= 0.3 is 0 Å². The summed E-state index contributed by atoms with van der Waals surface area (Å²) in [5, 5.41) is 14.7. The van der Waals surface area contributed by atoms with Gasteiger partial charge in [0.1, 0.15) is 18.1 Å². The maximum Gasteiger partial charge on any atom is 0.248 e. The predicted molar refractivity (Wildman–Crippen MR) is 135 cm³/mol. The molecule has 0 atom stereocenters. The number of aliphatic hydroxyl groups is 1. The van der Waals surface area contributed by atoms with Gasteiger partial charge < -0.3 is 19.9 Å². The van der Waals surface area contributed by atoms with E-state index in [2.05, 4.69) is 39.1 Å². The van der Waals surface area contributed by atoms with Gasteiger partial charge in [0.25, 0.3) is 0 Å². The number of pyridine rings is 1. The van der Waals surface area contributed by atoms with Crippen molar-refractivity contribution in [2.45, 2.75) is 57.5 Å². The normalized spacial score (nSPS) is 16.9. The summed E-state index contributed by atoms with van der Waals surface area (Å²) in [5.41, 5.74) is 4.18. The van der Waals surface area contributed by atoms with Crippen LogP contribution in [0, 0.1) is 0 Å². The van der Waals surface area contributed by atoms with E-state index in [0.29, 0.717) is 37.3 Å². The van der Waals surface area contributed by atoms with E-state index in [4.69, 9.17) is 15.1 Å². The lowest BCUT2D eigenvalue weighted by atomic mass is 10.1. The Morgan fingerprint density at radius 2 is 1.86 bits per heavy atom. The number of rotatable bonds is 4. The number of hydrogen-bond donors (Lipinski definition) is 2. The molecule has 1 fully saturated rings. The highest BCUT2D eigenvalue weighted by atomic mass is 16.3. The van der Waals surface area contributed by atoms with Crippen molar-refractivity contribution < 1.29 is 9.90 Å². The molecule has 1 amide bonds. The van der Waals surface area contributed by atoms with Crippen molar-refractivity contribution in [3.63, 3.8) is 0 Å². The Hall–Kier alpha value is -3.52.